The highest BCUT2D eigenvalue weighted by molar-refractivity contribution is 5.79. The first-order chi connectivity index (χ1) is 13.7. The fourth-order valence-corrected chi connectivity index (χ4v) is 4.20. The van der Waals surface area contributed by atoms with Crippen molar-refractivity contribution in [1.82, 2.24) is 24.9 Å². The Kier molecular flexibility index (Phi) is 6.12. The van der Waals surface area contributed by atoms with Gasteiger partial charge in [0.05, 0.1) is 18.8 Å². The minimum Gasteiger partial charge on any atom is -0.381 e. The molecule has 2 saturated heterocycles. The van der Waals surface area contributed by atoms with Crippen LogP contribution in [0.3, 0.4) is 0 Å². The molecule has 4 heterocycles. The molecular formula is C21H32N6O. The Balaban J connectivity index is 1.24. The van der Waals surface area contributed by atoms with Crippen LogP contribution in [-0.2, 0) is 11.3 Å². The molecule has 2 N–H and O–H groups in total. The summed E-state index contributed by atoms with van der Waals surface area (Å²) in [6, 6.07) is 6.65. The molecular weight excluding hydrogens is 352 g/mol. The first-order valence-electron chi connectivity index (χ1n) is 10.4. The maximum Gasteiger partial charge on any atom is 0.191 e. The Labute approximate surface area is 167 Å². The summed E-state index contributed by atoms with van der Waals surface area (Å²) in [5.74, 6) is 1.59. The molecule has 0 saturated carbocycles. The summed E-state index contributed by atoms with van der Waals surface area (Å²) in [4.78, 5) is 11.7. The molecule has 0 aromatic carbocycles. The van der Waals surface area contributed by atoms with Crippen molar-refractivity contribution in [3.8, 4) is 0 Å². The van der Waals surface area contributed by atoms with E-state index in [1.165, 1.54) is 18.7 Å². The molecule has 4 rings (SSSR count). The van der Waals surface area contributed by atoms with Gasteiger partial charge in [0.25, 0.3) is 0 Å². The first kappa shape index (κ1) is 19.2. The Hall–Kier alpha value is -2.12. The van der Waals surface area contributed by atoms with Gasteiger partial charge in [-0.1, -0.05) is 6.07 Å². The van der Waals surface area contributed by atoms with Gasteiger partial charge in [-0.05, 0) is 44.2 Å². The zero-order chi connectivity index (χ0) is 19.3. The smallest absolute Gasteiger partial charge is 0.191 e. The fourth-order valence-electron chi connectivity index (χ4n) is 4.20. The molecule has 152 valence electrons. The van der Waals surface area contributed by atoms with E-state index in [9.17, 15) is 0 Å². The number of hydrogen-bond acceptors (Lipinski definition) is 4. The Morgan fingerprint density at radius 1 is 1.29 bits per heavy atom. The molecule has 0 bridgehead atoms. The van der Waals surface area contributed by atoms with E-state index in [-0.39, 0.29) is 0 Å². The SMILES string of the molecule is CN=C(NCc1cn2c(C)cccc2n1)NC1CCN(CC2CCOC2)CC1. The monoisotopic (exact) mass is 384 g/mol. The summed E-state index contributed by atoms with van der Waals surface area (Å²) in [5, 5.41) is 7.00. The lowest BCUT2D eigenvalue weighted by atomic mass is 10.0. The van der Waals surface area contributed by atoms with E-state index in [1.54, 1.807) is 0 Å². The number of nitrogens with one attached hydrogen (secondary N) is 2. The van der Waals surface area contributed by atoms with Crippen molar-refractivity contribution < 1.29 is 4.74 Å². The lowest BCUT2D eigenvalue weighted by Gasteiger charge is -2.34. The molecule has 2 aromatic rings. The van der Waals surface area contributed by atoms with Gasteiger partial charge in [-0.3, -0.25) is 4.99 Å². The van der Waals surface area contributed by atoms with E-state index in [0.717, 1.165) is 62.4 Å². The van der Waals surface area contributed by atoms with Gasteiger partial charge in [0.15, 0.2) is 5.96 Å². The van der Waals surface area contributed by atoms with Crippen molar-refractivity contribution in [2.24, 2.45) is 10.9 Å². The number of guanidine groups is 1. The van der Waals surface area contributed by atoms with Crippen molar-refractivity contribution in [1.29, 1.82) is 0 Å². The van der Waals surface area contributed by atoms with Crippen LogP contribution in [-0.4, -0.2) is 66.2 Å². The average Bonchev–Trinajstić information content (AvgIpc) is 3.36. The van der Waals surface area contributed by atoms with E-state index < -0.39 is 0 Å². The van der Waals surface area contributed by atoms with Crippen molar-refractivity contribution in [2.75, 3.05) is 39.9 Å². The number of aryl methyl sites for hydroxylation is 1. The second-order valence-corrected chi connectivity index (χ2v) is 8.00. The lowest BCUT2D eigenvalue weighted by molar-refractivity contribution is 0.150. The molecule has 2 aliphatic rings. The van der Waals surface area contributed by atoms with Crippen molar-refractivity contribution in [3.63, 3.8) is 0 Å². The van der Waals surface area contributed by atoms with Crippen LogP contribution in [0.5, 0.6) is 0 Å². The van der Waals surface area contributed by atoms with Crippen LogP contribution in [0.1, 0.15) is 30.7 Å². The molecule has 0 radical (unpaired) electrons. The largest absolute Gasteiger partial charge is 0.381 e. The average molecular weight is 385 g/mol. The third-order valence-corrected chi connectivity index (χ3v) is 5.88. The highest BCUT2D eigenvalue weighted by Gasteiger charge is 2.24. The number of aliphatic imine (C=N–C) groups is 1. The molecule has 0 amide bonds. The number of rotatable bonds is 5. The lowest BCUT2D eigenvalue weighted by Crippen LogP contribution is -2.49. The fraction of sp³-hybridized carbons (Fsp3) is 0.619. The van der Waals surface area contributed by atoms with Gasteiger partial charge in [0.1, 0.15) is 5.65 Å². The second-order valence-electron chi connectivity index (χ2n) is 8.00. The number of likely N-dealkylation sites (tertiary alicyclic amines) is 1. The summed E-state index contributed by atoms with van der Waals surface area (Å²) in [5.41, 5.74) is 3.19. The molecule has 1 unspecified atom stereocenters. The van der Waals surface area contributed by atoms with Crippen LogP contribution in [0.15, 0.2) is 29.4 Å². The van der Waals surface area contributed by atoms with Crippen LogP contribution in [0.25, 0.3) is 5.65 Å². The molecule has 28 heavy (non-hydrogen) atoms. The number of piperidine rings is 1. The van der Waals surface area contributed by atoms with Gasteiger partial charge in [0, 0.05) is 51.2 Å². The molecule has 1 atom stereocenters. The first-order valence-corrected chi connectivity index (χ1v) is 10.4. The normalized spacial score (nSPS) is 22.1. The summed E-state index contributed by atoms with van der Waals surface area (Å²) < 4.78 is 7.63. The van der Waals surface area contributed by atoms with Gasteiger partial charge in [-0.15, -0.1) is 0 Å². The predicted molar refractivity (Wildman–Crippen MR) is 112 cm³/mol. The minimum absolute atomic E-state index is 0.477. The number of nitrogens with zero attached hydrogens (tertiary/aromatic N) is 4. The van der Waals surface area contributed by atoms with Gasteiger partial charge in [-0.25, -0.2) is 4.98 Å². The highest BCUT2D eigenvalue weighted by atomic mass is 16.5. The molecule has 2 aliphatic heterocycles. The molecule has 7 heteroatoms. The summed E-state index contributed by atoms with van der Waals surface area (Å²) in [6.07, 6.45) is 5.62. The molecule has 2 aromatic heterocycles. The Morgan fingerprint density at radius 3 is 2.86 bits per heavy atom. The number of pyridine rings is 1. The number of ether oxygens (including phenoxy) is 1. The number of hydrogen-bond donors (Lipinski definition) is 2. The van der Waals surface area contributed by atoms with Crippen molar-refractivity contribution in [3.05, 3.63) is 35.8 Å². The van der Waals surface area contributed by atoms with E-state index in [1.807, 2.05) is 19.2 Å². The summed E-state index contributed by atoms with van der Waals surface area (Å²) >= 11 is 0. The summed E-state index contributed by atoms with van der Waals surface area (Å²) in [6.45, 7) is 8.13. The van der Waals surface area contributed by atoms with Gasteiger partial charge < -0.3 is 24.7 Å². The maximum absolute atomic E-state index is 5.51. The Morgan fingerprint density at radius 2 is 2.14 bits per heavy atom. The minimum atomic E-state index is 0.477. The van der Waals surface area contributed by atoms with E-state index >= 15 is 0 Å². The zero-order valence-corrected chi connectivity index (χ0v) is 17.0. The third-order valence-electron chi connectivity index (χ3n) is 5.88. The zero-order valence-electron chi connectivity index (χ0n) is 17.0. The van der Waals surface area contributed by atoms with E-state index in [2.05, 4.69) is 49.1 Å². The topological polar surface area (TPSA) is 66.2 Å². The number of fused-ring (bicyclic) bond motifs is 1. The quantitative estimate of drug-likeness (QED) is 0.608. The van der Waals surface area contributed by atoms with E-state index in [4.69, 9.17) is 4.74 Å². The number of imidazole rings is 1. The molecule has 0 spiro atoms. The standard InChI is InChI=1S/C21H32N6O/c1-16-4-3-5-20-24-19(14-27(16)20)12-23-21(22-2)25-18-6-9-26(10-7-18)13-17-8-11-28-15-17/h3-5,14,17-18H,6-13,15H2,1-2H3,(H2,22,23,25). The summed E-state index contributed by atoms with van der Waals surface area (Å²) in [7, 11) is 1.83. The number of aromatic nitrogens is 2. The molecule has 7 nitrogen and oxygen atoms in total. The van der Waals surface area contributed by atoms with Crippen molar-refractivity contribution >= 4 is 11.6 Å². The maximum atomic E-state index is 5.51. The molecule has 0 aliphatic carbocycles. The van der Waals surface area contributed by atoms with Crippen LogP contribution in [0, 0.1) is 12.8 Å². The van der Waals surface area contributed by atoms with Gasteiger partial charge >= 0.3 is 0 Å². The van der Waals surface area contributed by atoms with Crippen LogP contribution in [0.4, 0.5) is 0 Å². The van der Waals surface area contributed by atoms with E-state index in [0.29, 0.717) is 12.6 Å². The second kappa shape index (κ2) is 8.92. The van der Waals surface area contributed by atoms with Crippen molar-refractivity contribution in [2.45, 2.75) is 38.8 Å². The van der Waals surface area contributed by atoms with Gasteiger partial charge in [-0.2, -0.15) is 0 Å². The molecule has 2 fully saturated rings. The third kappa shape index (κ3) is 4.64. The highest BCUT2D eigenvalue weighted by Crippen LogP contribution is 2.17. The van der Waals surface area contributed by atoms with Gasteiger partial charge in [0.2, 0.25) is 0 Å². The predicted octanol–water partition coefficient (Wildman–Crippen LogP) is 1.81. The van der Waals surface area contributed by atoms with Crippen LogP contribution < -0.4 is 10.6 Å². The van der Waals surface area contributed by atoms with Crippen LogP contribution in [0.2, 0.25) is 0 Å². The van der Waals surface area contributed by atoms with Crippen LogP contribution >= 0.6 is 0 Å². The Bertz CT molecular complexity index is 802.